The maximum atomic E-state index is 11.5. The summed E-state index contributed by atoms with van der Waals surface area (Å²) in [5, 5.41) is 12.1. The Bertz CT molecular complexity index is 446. The highest BCUT2D eigenvalue weighted by molar-refractivity contribution is 5.77. The van der Waals surface area contributed by atoms with Crippen LogP contribution in [0, 0.1) is 0 Å². The fourth-order valence-electron chi connectivity index (χ4n) is 2.67. The van der Waals surface area contributed by atoms with E-state index in [1.807, 2.05) is 17.0 Å². The molecule has 1 atom stereocenters. The van der Waals surface area contributed by atoms with Gasteiger partial charge in [-0.1, -0.05) is 12.1 Å². The molecule has 1 aromatic rings. The van der Waals surface area contributed by atoms with Crippen molar-refractivity contribution >= 4 is 6.03 Å². The van der Waals surface area contributed by atoms with Crippen LogP contribution in [0.4, 0.5) is 4.79 Å². The van der Waals surface area contributed by atoms with Gasteiger partial charge in [0.15, 0.2) is 0 Å². The Morgan fingerprint density at radius 2 is 2.06 bits per heavy atom. The Kier molecular flexibility index (Phi) is 2.83. The van der Waals surface area contributed by atoms with Gasteiger partial charge in [0.05, 0.1) is 6.04 Å². The van der Waals surface area contributed by atoms with Crippen molar-refractivity contribution in [2.75, 3.05) is 26.2 Å². The number of nitrogens with one attached hydrogen (secondary N) is 1. The predicted molar refractivity (Wildman–Crippen MR) is 67.3 cm³/mol. The Balaban J connectivity index is 1.62. The van der Waals surface area contributed by atoms with Gasteiger partial charge in [0.2, 0.25) is 0 Å². The minimum absolute atomic E-state index is 0.0734. The highest BCUT2D eigenvalue weighted by Crippen LogP contribution is 2.17. The van der Waals surface area contributed by atoms with Crippen LogP contribution in [0.3, 0.4) is 0 Å². The molecule has 1 aromatic carbocycles. The number of hydrogen-bond acceptors (Lipinski definition) is 3. The molecule has 2 aliphatic rings. The summed E-state index contributed by atoms with van der Waals surface area (Å²) in [6, 6.07) is 7.70. The van der Waals surface area contributed by atoms with Crippen molar-refractivity contribution in [3.05, 3.63) is 29.8 Å². The lowest BCUT2D eigenvalue weighted by atomic mass is 10.1. The molecule has 0 bridgehead atoms. The van der Waals surface area contributed by atoms with Gasteiger partial charge in [0.25, 0.3) is 0 Å². The molecule has 1 unspecified atom stereocenters. The molecule has 0 aliphatic carbocycles. The lowest BCUT2D eigenvalue weighted by Crippen LogP contribution is -2.51. The number of carbonyl (C=O) groups is 1. The molecule has 2 heterocycles. The minimum Gasteiger partial charge on any atom is -0.508 e. The predicted octanol–water partition coefficient (Wildman–Crippen LogP) is 0.602. The number of phenolic OH excluding ortho intramolecular Hbond substituents is 1. The summed E-state index contributed by atoms with van der Waals surface area (Å²) >= 11 is 0. The number of benzene rings is 1. The van der Waals surface area contributed by atoms with E-state index in [0.29, 0.717) is 11.8 Å². The molecule has 18 heavy (non-hydrogen) atoms. The molecule has 5 nitrogen and oxygen atoms in total. The van der Waals surface area contributed by atoms with Crippen molar-refractivity contribution < 1.29 is 9.90 Å². The highest BCUT2D eigenvalue weighted by atomic mass is 16.3. The smallest absolute Gasteiger partial charge is 0.317 e. The van der Waals surface area contributed by atoms with Gasteiger partial charge in [0.1, 0.15) is 5.75 Å². The second-order valence-corrected chi connectivity index (χ2v) is 4.93. The average Bonchev–Trinajstić information content (AvgIpc) is 2.74. The number of rotatable bonds is 2. The minimum atomic E-state index is 0.0734. The number of aromatic hydroxyl groups is 1. The monoisotopic (exact) mass is 247 g/mol. The second-order valence-electron chi connectivity index (χ2n) is 4.93. The van der Waals surface area contributed by atoms with Gasteiger partial charge in [-0.2, -0.15) is 0 Å². The van der Waals surface area contributed by atoms with Gasteiger partial charge < -0.3 is 15.3 Å². The van der Waals surface area contributed by atoms with E-state index in [1.54, 1.807) is 12.1 Å². The number of piperazine rings is 1. The van der Waals surface area contributed by atoms with Crippen LogP contribution in [0.1, 0.15) is 5.56 Å². The van der Waals surface area contributed by atoms with Crippen LogP contribution in [-0.4, -0.2) is 53.2 Å². The maximum Gasteiger partial charge on any atom is 0.317 e. The molecular formula is C13H17N3O2. The van der Waals surface area contributed by atoms with E-state index in [4.69, 9.17) is 0 Å². The van der Waals surface area contributed by atoms with E-state index >= 15 is 0 Å². The normalized spacial score (nSPS) is 23.9. The molecule has 2 amide bonds. The van der Waals surface area contributed by atoms with Gasteiger partial charge in [-0.3, -0.25) is 4.90 Å². The Morgan fingerprint density at radius 1 is 1.28 bits per heavy atom. The number of nitrogens with zero attached hydrogens (tertiary/aromatic N) is 2. The standard InChI is InChI=1S/C13H17N3O2/c17-12-3-1-10(2-4-12)8-15-5-6-16-11(9-15)7-14-13(16)18/h1-4,11,17H,5-9H2,(H,14,18). The van der Waals surface area contributed by atoms with Crippen LogP contribution in [-0.2, 0) is 6.54 Å². The summed E-state index contributed by atoms with van der Waals surface area (Å²) in [4.78, 5) is 15.8. The average molecular weight is 247 g/mol. The van der Waals surface area contributed by atoms with Crippen molar-refractivity contribution in [3.8, 4) is 5.75 Å². The molecule has 2 aliphatic heterocycles. The maximum absolute atomic E-state index is 11.5. The molecule has 2 saturated heterocycles. The number of fused-ring (bicyclic) bond motifs is 1. The molecule has 5 heteroatoms. The fraction of sp³-hybridized carbons (Fsp3) is 0.462. The molecule has 3 rings (SSSR count). The van der Waals surface area contributed by atoms with Crippen LogP contribution < -0.4 is 5.32 Å². The second kappa shape index (κ2) is 4.49. The zero-order valence-electron chi connectivity index (χ0n) is 10.2. The largest absolute Gasteiger partial charge is 0.508 e. The summed E-state index contributed by atoms with van der Waals surface area (Å²) in [7, 11) is 0. The molecule has 0 saturated carbocycles. The van der Waals surface area contributed by atoms with Gasteiger partial charge >= 0.3 is 6.03 Å². The number of amides is 2. The van der Waals surface area contributed by atoms with Crippen LogP contribution in [0.5, 0.6) is 5.75 Å². The van der Waals surface area contributed by atoms with E-state index in [-0.39, 0.29) is 6.03 Å². The van der Waals surface area contributed by atoms with Crippen LogP contribution >= 0.6 is 0 Å². The Hall–Kier alpha value is -1.75. The van der Waals surface area contributed by atoms with Crippen molar-refractivity contribution in [1.29, 1.82) is 0 Å². The topological polar surface area (TPSA) is 55.8 Å². The number of carbonyl (C=O) groups excluding carboxylic acids is 1. The quantitative estimate of drug-likeness (QED) is 0.804. The van der Waals surface area contributed by atoms with Crippen molar-refractivity contribution in [2.45, 2.75) is 12.6 Å². The molecule has 2 fully saturated rings. The zero-order valence-corrected chi connectivity index (χ0v) is 10.2. The third-order valence-corrected chi connectivity index (χ3v) is 3.66. The number of hydrogen-bond donors (Lipinski definition) is 2. The summed E-state index contributed by atoms with van der Waals surface area (Å²) in [6.45, 7) is 4.25. The third-order valence-electron chi connectivity index (χ3n) is 3.66. The van der Waals surface area contributed by atoms with Crippen LogP contribution in [0.2, 0.25) is 0 Å². The third kappa shape index (κ3) is 2.13. The Labute approximate surface area is 106 Å². The summed E-state index contributed by atoms with van der Waals surface area (Å²) in [5.74, 6) is 0.300. The van der Waals surface area contributed by atoms with Crippen molar-refractivity contribution in [2.24, 2.45) is 0 Å². The van der Waals surface area contributed by atoms with E-state index in [1.165, 1.54) is 5.56 Å². The lowest BCUT2D eigenvalue weighted by molar-refractivity contribution is 0.116. The molecule has 0 radical (unpaired) electrons. The Morgan fingerprint density at radius 3 is 2.83 bits per heavy atom. The van der Waals surface area contributed by atoms with Crippen LogP contribution in [0.25, 0.3) is 0 Å². The molecular weight excluding hydrogens is 230 g/mol. The summed E-state index contributed by atoms with van der Waals surface area (Å²) < 4.78 is 0. The van der Waals surface area contributed by atoms with Crippen LogP contribution in [0.15, 0.2) is 24.3 Å². The van der Waals surface area contributed by atoms with Gasteiger partial charge in [0, 0.05) is 32.7 Å². The zero-order chi connectivity index (χ0) is 12.5. The van der Waals surface area contributed by atoms with Gasteiger partial charge in [-0.15, -0.1) is 0 Å². The summed E-state index contributed by atoms with van der Waals surface area (Å²) in [6.07, 6.45) is 0. The van der Waals surface area contributed by atoms with Crippen molar-refractivity contribution in [3.63, 3.8) is 0 Å². The highest BCUT2D eigenvalue weighted by Gasteiger charge is 2.35. The first kappa shape index (κ1) is 11.3. The van der Waals surface area contributed by atoms with E-state index in [2.05, 4.69) is 10.2 Å². The molecule has 2 N–H and O–H groups in total. The van der Waals surface area contributed by atoms with Gasteiger partial charge in [-0.25, -0.2) is 4.79 Å². The first-order valence-electron chi connectivity index (χ1n) is 6.27. The SMILES string of the molecule is O=C1NCC2CN(Cc3ccc(O)cc3)CCN12. The molecule has 0 aromatic heterocycles. The van der Waals surface area contributed by atoms with Crippen molar-refractivity contribution in [1.82, 2.24) is 15.1 Å². The first-order chi connectivity index (χ1) is 8.72. The summed E-state index contributed by atoms with van der Waals surface area (Å²) in [5.41, 5.74) is 1.19. The van der Waals surface area contributed by atoms with E-state index in [0.717, 1.165) is 32.7 Å². The number of urea groups is 1. The van der Waals surface area contributed by atoms with Gasteiger partial charge in [-0.05, 0) is 17.7 Å². The molecule has 96 valence electrons. The molecule has 0 spiro atoms. The van der Waals surface area contributed by atoms with E-state index < -0.39 is 0 Å². The first-order valence-corrected chi connectivity index (χ1v) is 6.27. The van der Waals surface area contributed by atoms with E-state index in [9.17, 15) is 9.90 Å². The fourth-order valence-corrected chi connectivity index (χ4v) is 2.67. The number of phenols is 1. The lowest BCUT2D eigenvalue weighted by Gasteiger charge is -2.36.